The standard InChI is InChI=1S/C31H26O9/c32-15-31(14-16-5-6-17-3-1-2-4-18(17)7-16)27(36)11-22-24(40-31)13-25-28(30(22)38)23(35)12-26(39-25)29(37)19-8-20(33)10-21(34)9-19/h1-10,12-13,27,29,32-34,36-38H,11,14-15H2. The van der Waals surface area contributed by atoms with Gasteiger partial charge in [0.1, 0.15) is 51.9 Å². The summed E-state index contributed by atoms with van der Waals surface area (Å²) in [6, 6.07) is 19.5. The van der Waals surface area contributed by atoms with Crippen LogP contribution in [0.2, 0.25) is 0 Å². The van der Waals surface area contributed by atoms with Gasteiger partial charge >= 0.3 is 0 Å². The van der Waals surface area contributed by atoms with Gasteiger partial charge < -0.3 is 39.8 Å². The van der Waals surface area contributed by atoms with Crippen LogP contribution in [0.5, 0.6) is 23.0 Å². The van der Waals surface area contributed by atoms with Crippen LogP contribution in [0.3, 0.4) is 0 Å². The smallest absolute Gasteiger partial charge is 0.196 e. The molecule has 4 aromatic carbocycles. The highest BCUT2D eigenvalue weighted by molar-refractivity contribution is 5.87. The molecule has 0 saturated carbocycles. The van der Waals surface area contributed by atoms with Crippen molar-refractivity contribution in [1.29, 1.82) is 0 Å². The molecule has 0 saturated heterocycles. The predicted molar refractivity (Wildman–Crippen MR) is 146 cm³/mol. The van der Waals surface area contributed by atoms with Crippen molar-refractivity contribution >= 4 is 21.7 Å². The number of phenols is 3. The number of hydrogen-bond donors (Lipinski definition) is 6. The zero-order chi connectivity index (χ0) is 28.2. The molecule has 3 unspecified atom stereocenters. The summed E-state index contributed by atoms with van der Waals surface area (Å²) in [5.74, 6) is -1.07. The summed E-state index contributed by atoms with van der Waals surface area (Å²) in [7, 11) is 0. The Morgan fingerprint density at radius 3 is 2.38 bits per heavy atom. The van der Waals surface area contributed by atoms with Crippen LogP contribution in [0.25, 0.3) is 21.7 Å². The molecule has 9 nitrogen and oxygen atoms in total. The number of ether oxygens (including phenoxy) is 1. The van der Waals surface area contributed by atoms with Gasteiger partial charge in [0.2, 0.25) is 0 Å². The van der Waals surface area contributed by atoms with E-state index in [0.29, 0.717) is 0 Å². The van der Waals surface area contributed by atoms with Gasteiger partial charge in [-0.2, -0.15) is 0 Å². The maximum absolute atomic E-state index is 13.0. The molecule has 6 rings (SSSR count). The highest BCUT2D eigenvalue weighted by atomic mass is 16.5. The third-order valence-electron chi connectivity index (χ3n) is 7.49. The molecule has 2 heterocycles. The van der Waals surface area contributed by atoms with Crippen molar-refractivity contribution in [3.05, 3.63) is 105 Å². The SMILES string of the molecule is O=c1cc(C(O)c2cc(O)cc(O)c2)oc2cc3c(c(O)c12)CC(O)C(CO)(Cc1ccc2ccccc2c1)O3. The normalized spacial score (nSPS) is 19.3. The summed E-state index contributed by atoms with van der Waals surface area (Å²) in [5.41, 5.74) is -1.07. The van der Waals surface area contributed by atoms with Crippen LogP contribution >= 0.6 is 0 Å². The molecule has 40 heavy (non-hydrogen) atoms. The molecular formula is C31H26O9. The maximum atomic E-state index is 13.0. The van der Waals surface area contributed by atoms with Crippen molar-refractivity contribution in [2.75, 3.05) is 6.61 Å². The second kappa shape index (κ2) is 9.56. The first-order chi connectivity index (χ1) is 19.2. The van der Waals surface area contributed by atoms with Crippen molar-refractivity contribution in [2.24, 2.45) is 0 Å². The predicted octanol–water partition coefficient (Wildman–Crippen LogP) is 3.41. The summed E-state index contributed by atoms with van der Waals surface area (Å²) < 4.78 is 12.0. The lowest BCUT2D eigenvalue weighted by atomic mass is 9.82. The third kappa shape index (κ3) is 4.30. The molecule has 0 spiro atoms. The number of aliphatic hydroxyl groups excluding tert-OH is 3. The van der Waals surface area contributed by atoms with Gasteiger partial charge in [-0.3, -0.25) is 4.79 Å². The summed E-state index contributed by atoms with van der Waals surface area (Å²) in [4.78, 5) is 13.0. The molecule has 0 amide bonds. The van der Waals surface area contributed by atoms with E-state index in [1.165, 1.54) is 18.2 Å². The first kappa shape index (κ1) is 25.7. The Morgan fingerprint density at radius 2 is 1.65 bits per heavy atom. The number of aromatic hydroxyl groups is 3. The highest BCUT2D eigenvalue weighted by Crippen LogP contribution is 2.43. The molecule has 1 aromatic heterocycles. The minimum Gasteiger partial charge on any atom is -0.508 e. The number of aliphatic hydroxyl groups is 3. The van der Waals surface area contributed by atoms with Crippen LogP contribution in [0.4, 0.5) is 0 Å². The van der Waals surface area contributed by atoms with E-state index in [0.717, 1.165) is 28.5 Å². The number of fused-ring (bicyclic) bond motifs is 3. The molecule has 0 radical (unpaired) electrons. The van der Waals surface area contributed by atoms with Gasteiger partial charge in [-0.15, -0.1) is 0 Å². The van der Waals surface area contributed by atoms with Crippen LogP contribution < -0.4 is 10.2 Å². The van der Waals surface area contributed by atoms with Crippen molar-refractivity contribution in [1.82, 2.24) is 0 Å². The lowest BCUT2D eigenvalue weighted by Gasteiger charge is -2.41. The Balaban J connectivity index is 1.41. The van der Waals surface area contributed by atoms with Gasteiger partial charge in [0, 0.05) is 36.6 Å². The quantitative estimate of drug-likeness (QED) is 0.196. The van der Waals surface area contributed by atoms with Crippen molar-refractivity contribution in [3.8, 4) is 23.0 Å². The van der Waals surface area contributed by atoms with Crippen molar-refractivity contribution < 1.29 is 39.8 Å². The van der Waals surface area contributed by atoms with E-state index in [9.17, 15) is 35.4 Å². The Morgan fingerprint density at radius 1 is 0.925 bits per heavy atom. The van der Waals surface area contributed by atoms with Gasteiger partial charge in [0.05, 0.1) is 6.61 Å². The minimum absolute atomic E-state index is 0.0798. The lowest BCUT2D eigenvalue weighted by molar-refractivity contribution is -0.0961. The first-order valence-corrected chi connectivity index (χ1v) is 12.7. The van der Waals surface area contributed by atoms with Gasteiger partial charge in [0.25, 0.3) is 0 Å². The Labute approximate surface area is 227 Å². The molecule has 0 fully saturated rings. The summed E-state index contributed by atoms with van der Waals surface area (Å²) >= 11 is 0. The Kier molecular flexibility index (Phi) is 6.14. The van der Waals surface area contributed by atoms with Gasteiger partial charge in [-0.05, 0) is 34.0 Å². The number of phenolic OH excluding ortho intramolecular Hbond substituents is 3. The molecule has 5 aromatic rings. The van der Waals surface area contributed by atoms with E-state index in [1.54, 1.807) is 0 Å². The van der Waals surface area contributed by atoms with E-state index in [1.807, 2.05) is 42.5 Å². The Hall–Kier alpha value is -4.57. The highest BCUT2D eigenvalue weighted by Gasteiger charge is 2.45. The lowest BCUT2D eigenvalue weighted by Crippen LogP contribution is -2.55. The van der Waals surface area contributed by atoms with Crippen LogP contribution in [0.15, 0.2) is 82.0 Å². The topological polar surface area (TPSA) is 161 Å². The zero-order valence-electron chi connectivity index (χ0n) is 21.1. The number of rotatable bonds is 5. The third-order valence-corrected chi connectivity index (χ3v) is 7.49. The van der Waals surface area contributed by atoms with Gasteiger partial charge in [0.15, 0.2) is 11.0 Å². The molecule has 1 aliphatic heterocycles. The average molecular weight is 543 g/mol. The van der Waals surface area contributed by atoms with E-state index in [2.05, 4.69) is 0 Å². The van der Waals surface area contributed by atoms with Gasteiger partial charge in [-0.1, -0.05) is 42.5 Å². The second-order valence-corrected chi connectivity index (χ2v) is 10.2. The monoisotopic (exact) mass is 542 g/mol. The van der Waals surface area contributed by atoms with Crippen LogP contribution in [0, 0.1) is 0 Å². The first-order valence-electron chi connectivity index (χ1n) is 12.7. The molecule has 0 bridgehead atoms. The number of hydrogen-bond acceptors (Lipinski definition) is 9. The average Bonchev–Trinajstić information content (AvgIpc) is 2.92. The molecule has 204 valence electrons. The summed E-state index contributed by atoms with van der Waals surface area (Å²) in [6.07, 6.45) is -2.64. The van der Waals surface area contributed by atoms with Crippen molar-refractivity contribution in [2.45, 2.75) is 30.7 Å². The van der Waals surface area contributed by atoms with Gasteiger partial charge in [-0.25, -0.2) is 0 Å². The fourth-order valence-corrected chi connectivity index (χ4v) is 5.41. The van der Waals surface area contributed by atoms with Crippen LogP contribution in [0.1, 0.15) is 28.6 Å². The summed E-state index contributed by atoms with van der Waals surface area (Å²) in [6.45, 7) is -0.525. The summed E-state index contributed by atoms with van der Waals surface area (Å²) in [5, 5.41) is 64.8. The molecule has 3 atom stereocenters. The zero-order valence-corrected chi connectivity index (χ0v) is 21.1. The van der Waals surface area contributed by atoms with Crippen LogP contribution in [-0.2, 0) is 12.8 Å². The second-order valence-electron chi connectivity index (χ2n) is 10.2. The van der Waals surface area contributed by atoms with E-state index in [4.69, 9.17) is 9.15 Å². The maximum Gasteiger partial charge on any atom is 0.196 e. The molecule has 9 heteroatoms. The molecule has 1 aliphatic rings. The largest absolute Gasteiger partial charge is 0.508 e. The molecule has 6 N–H and O–H groups in total. The molecule has 0 aliphatic carbocycles. The Bertz CT molecular complexity index is 1810. The van der Waals surface area contributed by atoms with Crippen molar-refractivity contribution in [3.63, 3.8) is 0 Å². The van der Waals surface area contributed by atoms with E-state index >= 15 is 0 Å². The van der Waals surface area contributed by atoms with E-state index in [-0.39, 0.29) is 57.9 Å². The molecular weight excluding hydrogens is 516 g/mol. The fraction of sp³-hybridized carbons (Fsp3) is 0.194. The fourth-order valence-electron chi connectivity index (χ4n) is 5.41. The number of benzene rings is 4. The van der Waals surface area contributed by atoms with Crippen LogP contribution in [-0.4, -0.2) is 49.0 Å². The van der Waals surface area contributed by atoms with E-state index < -0.39 is 35.6 Å². The minimum atomic E-state index is -1.51.